The third-order valence-corrected chi connectivity index (χ3v) is 1.89. The van der Waals surface area contributed by atoms with Crippen molar-refractivity contribution in [2.75, 3.05) is 0 Å². The average molecular weight is 223 g/mol. The minimum absolute atomic E-state index is 0.0801. The number of rotatable bonds is 2. The number of esters is 1. The van der Waals surface area contributed by atoms with E-state index in [-0.39, 0.29) is 5.75 Å². The molecule has 0 aliphatic heterocycles. The molecule has 0 aliphatic rings. The molecule has 1 aromatic rings. The molecule has 0 saturated carbocycles. The highest BCUT2D eigenvalue weighted by Gasteiger charge is 2.23. The van der Waals surface area contributed by atoms with Gasteiger partial charge in [0.15, 0.2) is 0 Å². The second kappa shape index (κ2) is 4.53. The molecule has 1 unspecified atom stereocenters. The largest absolute Gasteiger partial charge is 0.508 e. The van der Waals surface area contributed by atoms with Crippen molar-refractivity contribution in [2.45, 2.75) is 32.4 Å². The van der Waals surface area contributed by atoms with Crippen LogP contribution in [0.3, 0.4) is 0 Å². The van der Waals surface area contributed by atoms with Crippen molar-refractivity contribution in [3.8, 4) is 5.75 Å². The zero-order valence-electron chi connectivity index (χ0n) is 9.73. The first kappa shape index (κ1) is 12.5. The van der Waals surface area contributed by atoms with Crippen LogP contribution in [0.1, 0.15) is 32.4 Å². The van der Waals surface area contributed by atoms with E-state index in [1.165, 1.54) is 12.1 Å². The number of phenolic OH excluding ortho intramolecular Hbond substituents is 1. The molecule has 0 bridgehead atoms. The Morgan fingerprint density at radius 3 is 2.56 bits per heavy atom. The van der Waals surface area contributed by atoms with Gasteiger partial charge in [0.05, 0.1) is 0 Å². The monoisotopic (exact) mass is 223 g/mol. The van der Waals surface area contributed by atoms with Gasteiger partial charge in [-0.15, -0.1) is 0 Å². The summed E-state index contributed by atoms with van der Waals surface area (Å²) >= 11 is 0. The first-order valence-electron chi connectivity index (χ1n) is 5.07. The van der Waals surface area contributed by atoms with Gasteiger partial charge < -0.3 is 15.6 Å². The summed E-state index contributed by atoms with van der Waals surface area (Å²) in [5.41, 5.74) is 5.70. The van der Waals surface area contributed by atoms with Crippen molar-refractivity contribution < 1.29 is 14.6 Å². The van der Waals surface area contributed by atoms with Crippen molar-refractivity contribution >= 4 is 5.97 Å². The van der Waals surface area contributed by atoms with Crippen LogP contribution in [-0.4, -0.2) is 16.7 Å². The van der Waals surface area contributed by atoms with Gasteiger partial charge in [-0.05, 0) is 38.5 Å². The van der Waals surface area contributed by atoms with E-state index in [0.717, 1.165) is 0 Å². The maximum absolute atomic E-state index is 11.6. The zero-order valence-corrected chi connectivity index (χ0v) is 9.73. The molecule has 0 radical (unpaired) electrons. The summed E-state index contributed by atoms with van der Waals surface area (Å²) in [5, 5.41) is 9.27. The Morgan fingerprint density at radius 1 is 1.44 bits per heavy atom. The Morgan fingerprint density at radius 2 is 2.06 bits per heavy atom. The molecule has 1 atom stereocenters. The van der Waals surface area contributed by atoms with Crippen LogP contribution in [0, 0.1) is 0 Å². The van der Waals surface area contributed by atoms with Gasteiger partial charge in [-0.3, -0.25) is 0 Å². The number of nitrogens with two attached hydrogens (primary N) is 1. The highest BCUT2D eigenvalue weighted by molar-refractivity contribution is 5.77. The standard InChI is InChI=1S/C12H17NO3/c1-12(2,3)16-11(15)10(13)8-5-4-6-9(14)7-8/h4-7,10,14H,13H2,1-3H3. The molecule has 1 rings (SSSR count). The lowest BCUT2D eigenvalue weighted by molar-refractivity contribution is -0.156. The summed E-state index contributed by atoms with van der Waals surface area (Å²) in [7, 11) is 0. The van der Waals surface area contributed by atoms with Crippen molar-refractivity contribution in [1.82, 2.24) is 0 Å². The molecule has 0 spiro atoms. The molecular formula is C12H17NO3. The molecule has 1 aromatic carbocycles. The molecule has 4 heteroatoms. The van der Waals surface area contributed by atoms with Gasteiger partial charge in [0.1, 0.15) is 17.4 Å². The van der Waals surface area contributed by atoms with Gasteiger partial charge in [-0.25, -0.2) is 4.79 Å². The number of hydrogen-bond acceptors (Lipinski definition) is 4. The number of carbonyl (C=O) groups is 1. The Hall–Kier alpha value is -1.55. The second-order valence-corrected chi connectivity index (χ2v) is 4.61. The number of phenols is 1. The summed E-state index contributed by atoms with van der Waals surface area (Å²) in [6.45, 7) is 5.33. The van der Waals surface area contributed by atoms with E-state index >= 15 is 0 Å². The quantitative estimate of drug-likeness (QED) is 0.749. The molecule has 0 saturated heterocycles. The predicted octanol–water partition coefficient (Wildman–Crippen LogP) is 1.73. The van der Waals surface area contributed by atoms with E-state index in [2.05, 4.69) is 0 Å². The van der Waals surface area contributed by atoms with Crippen LogP contribution in [0.15, 0.2) is 24.3 Å². The lowest BCUT2D eigenvalue weighted by Gasteiger charge is -2.22. The molecule has 0 amide bonds. The highest BCUT2D eigenvalue weighted by Crippen LogP contribution is 2.19. The first-order chi connectivity index (χ1) is 7.29. The van der Waals surface area contributed by atoms with Crippen molar-refractivity contribution in [3.63, 3.8) is 0 Å². The van der Waals surface area contributed by atoms with E-state index < -0.39 is 17.6 Å². The van der Waals surface area contributed by atoms with Gasteiger partial charge >= 0.3 is 5.97 Å². The van der Waals surface area contributed by atoms with Crippen molar-refractivity contribution in [3.05, 3.63) is 29.8 Å². The maximum Gasteiger partial charge on any atom is 0.328 e. The van der Waals surface area contributed by atoms with E-state index in [1.807, 2.05) is 0 Å². The van der Waals surface area contributed by atoms with E-state index in [1.54, 1.807) is 32.9 Å². The second-order valence-electron chi connectivity index (χ2n) is 4.61. The minimum Gasteiger partial charge on any atom is -0.508 e. The third-order valence-electron chi connectivity index (χ3n) is 1.89. The van der Waals surface area contributed by atoms with Crippen LogP contribution in [0.2, 0.25) is 0 Å². The Bertz CT molecular complexity index is 382. The zero-order chi connectivity index (χ0) is 12.3. The Kier molecular flexibility index (Phi) is 3.55. The lowest BCUT2D eigenvalue weighted by Crippen LogP contribution is -2.31. The fraction of sp³-hybridized carbons (Fsp3) is 0.417. The fourth-order valence-corrected chi connectivity index (χ4v) is 1.22. The summed E-state index contributed by atoms with van der Waals surface area (Å²) in [6.07, 6.45) is 0. The minimum atomic E-state index is -0.869. The lowest BCUT2D eigenvalue weighted by atomic mass is 10.1. The number of hydrogen-bond donors (Lipinski definition) is 2. The molecule has 0 aromatic heterocycles. The van der Waals surface area contributed by atoms with Crippen LogP contribution in [0.5, 0.6) is 5.75 Å². The molecule has 16 heavy (non-hydrogen) atoms. The number of ether oxygens (including phenoxy) is 1. The third kappa shape index (κ3) is 3.55. The highest BCUT2D eigenvalue weighted by atomic mass is 16.6. The van der Waals surface area contributed by atoms with Crippen LogP contribution in [0.4, 0.5) is 0 Å². The summed E-state index contributed by atoms with van der Waals surface area (Å²) < 4.78 is 5.15. The number of aromatic hydroxyl groups is 1. The van der Waals surface area contributed by atoms with Gasteiger partial charge in [0, 0.05) is 0 Å². The van der Waals surface area contributed by atoms with Crippen LogP contribution >= 0.6 is 0 Å². The van der Waals surface area contributed by atoms with Crippen LogP contribution < -0.4 is 5.73 Å². The van der Waals surface area contributed by atoms with Gasteiger partial charge in [0.25, 0.3) is 0 Å². The van der Waals surface area contributed by atoms with E-state index in [0.29, 0.717) is 5.56 Å². The summed E-state index contributed by atoms with van der Waals surface area (Å²) in [4.78, 5) is 11.6. The van der Waals surface area contributed by atoms with Crippen LogP contribution in [0.25, 0.3) is 0 Å². The molecule has 88 valence electrons. The fourth-order valence-electron chi connectivity index (χ4n) is 1.22. The van der Waals surface area contributed by atoms with Gasteiger partial charge in [-0.1, -0.05) is 12.1 Å². The normalized spacial score (nSPS) is 13.2. The van der Waals surface area contributed by atoms with E-state index in [4.69, 9.17) is 10.5 Å². The predicted molar refractivity (Wildman–Crippen MR) is 60.9 cm³/mol. The number of benzene rings is 1. The molecule has 0 heterocycles. The first-order valence-corrected chi connectivity index (χ1v) is 5.07. The average Bonchev–Trinajstić information content (AvgIpc) is 2.14. The molecule has 0 fully saturated rings. The Labute approximate surface area is 95.0 Å². The van der Waals surface area contributed by atoms with E-state index in [9.17, 15) is 9.90 Å². The molecule has 4 nitrogen and oxygen atoms in total. The maximum atomic E-state index is 11.6. The summed E-state index contributed by atoms with van der Waals surface area (Å²) in [6, 6.07) is 5.41. The summed E-state index contributed by atoms with van der Waals surface area (Å²) in [5.74, 6) is -0.422. The number of carbonyl (C=O) groups excluding carboxylic acids is 1. The molecule has 0 aliphatic carbocycles. The topological polar surface area (TPSA) is 72.5 Å². The van der Waals surface area contributed by atoms with Gasteiger partial charge in [-0.2, -0.15) is 0 Å². The van der Waals surface area contributed by atoms with Crippen molar-refractivity contribution in [1.29, 1.82) is 0 Å². The smallest absolute Gasteiger partial charge is 0.328 e. The molecular weight excluding hydrogens is 206 g/mol. The SMILES string of the molecule is CC(C)(C)OC(=O)C(N)c1cccc(O)c1. The molecule has 3 N–H and O–H groups in total. The van der Waals surface area contributed by atoms with Crippen molar-refractivity contribution in [2.24, 2.45) is 5.73 Å². The van der Waals surface area contributed by atoms with Crippen LogP contribution in [-0.2, 0) is 9.53 Å². The van der Waals surface area contributed by atoms with Gasteiger partial charge in [0.2, 0.25) is 0 Å². The Balaban J connectivity index is 2.78.